The lowest BCUT2D eigenvalue weighted by atomic mass is 9.92. The first-order chi connectivity index (χ1) is 9.11. The van der Waals surface area contributed by atoms with Crippen molar-refractivity contribution in [3.8, 4) is 0 Å². The highest BCUT2D eigenvalue weighted by atomic mass is 79.9. The summed E-state index contributed by atoms with van der Waals surface area (Å²) in [5.41, 5.74) is 0.281. The van der Waals surface area contributed by atoms with Gasteiger partial charge in [0, 0.05) is 23.8 Å². The molecule has 1 aromatic heterocycles. The maximum absolute atomic E-state index is 11.3. The molecule has 0 aromatic carbocycles. The number of nitrogens with zero attached hydrogens (tertiary/aromatic N) is 2. The molecular formula is C14H19BrN2O2. The SMILES string of the molecule is CCCC1CCN(c2ncc(Br)cc2C(=O)O)CC1. The molecule has 0 amide bonds. The van der Waals surface area contributed by atoms with Crippen molar-refractivity contribution in [1.82, 2.24) is 4.98 Å². The van der Waals surface area contributed by atoms with Gasteiger partial charge < -0.3 is 10.0 Å². The lowest BCUT2D eigenvalue weighted by molar-refractivity contribution is 0.0697. The highest BCUT2D eigenvalue weighted by molar-refractivity contribution is 9.10. The normalized spacial score (nSPS) is 16.6. The molecule has 0 bridgehead atoms. The minimum Gasteiger partial charge on any atom is -0.478 e. The minimum atomic E-state index is -0.917. The van der Waals surface area contributed by atoms with Crippen LogP contribution in [0.1, 0.15) is 43.0 Å². The molecule has 2 rings (SSSR count). The number of aromatic carboxylic acids is 1. The predicted molar refractivity (Wildman–Crippen MR) is 78.7 cm³/mol. The van der Waals surface area contributed by atoms with Gasteiger partial charge >= 0.3 is 5.97 Å². The van der Waals surface area contributed by atoms with Gasteiger partial charge in [-0.25, -0.2) is 9.78 Å². The second-order valence-corrected chi connectivity index (χ2v) is 5.96. The summed E-state index contributed by atoms with van der Waals surface area (Å²) in [5, 5.41) is 9.27. The highest BCUT2D eigenvalue weighted by Crippen LogP contribution is 2.28. The van der Waals surface area contributed by atoms with Crippen molar-refractivity contribution in [3.63, 3.8) is 0 Å². The van der Waals surface area contributed by atoms with Crippen LogP contribution in [0.2, 0.25) is 0 Å². The number of aromatic nitrogens is 1. The third-order valence-electron chi connectivity index (χ3n) is 3.67. The number of carboxylic acid groups (broad SMARTS) is 1. The van der Waals surface area contributed by atoms with E-state index < -0.39 is 5.97 Å². The van der Waals surface area contributed by atoms with Gasteiger partial charge in [-0.05, 0) is 40.8 Å². The molecule has 4 nitrogen and oxygen atoms in total. The molecule has 1 saturated heterocycles. The molecule has 0 atom stereocenters. The standard InChI is InChI=1S/C14H19BrN2O2/c1-2-3-10-4-6-17(7-5-10)13-12(14(18)19)8-11(15)9-16-13/h8-10H,2-7H2,1H3,(H,18,19). The molecule has 1 aliphatic heterocycles. The van der Waals surface area contributed by atoms with E-state index in [1.807, 2.05) is 0 Å². The molecule has 1 aromatic rings. The maximum atomic E-state index is 11.3. The summed E-state index contributed by atoms with van der Waals surface area (Å²) in [7, 11) is 0. The predicted octanol–water partition coefficient (Wildman–Crippen LogP) is 3.56. The minimum absolute atomic E-state index is 0.281. The Labute approximate surface area is 122 Å². The van der Waals surface area contributed by atoms with Crippen LogP contribution in [0, 0.1) is 5.92 Å². The second-order valence-electron chi connectivity index (χ2n) is 5.05. The van der Waals surface area contributed by atoms with Crippen LogP contribution in [0.4, 0.5) is 5.82 Å². The van der Waals surface area contributed by atoms with Crippen LogP contribution in [-0.2, 0) is 0 Å². The van der Waals surface area contributed by atoms with E-state index in [2.05, 4.69) is 32.7 Å². The summed E-state index contributed by atoms with van der Waals surface area (Å²) >= 11 is 3.27. The molecule has 1 aliphatic rings. The number of halogens is 1. The van der Waals surface area contributed by atoms with E-state index >= 15 is 0 Å². The van der Waals surface area contributed by atoms with Gasteiger partial charge in [0.05, 0.1) is 0 Å². The topological polar surface area (TPSA) is 53.4 Å². The maximum Gasteiger partial charge on any atom is 0.339 e. The largest absolute Gasteiger partial charge is 0.478 e. The van der Waals surface area contributed by atoms with E-state index in [4.69, 9.17) is 0 Å². The summed E-state index contributed by atoms with van der Waals surface area (Å²) in [4.78, 5) is 17.7. The first-order valence-electron chi connectivity index (χ1n) is 6.75. The Balaban J connectivity index is 2.13. The van der Waals surface area contributed by atoms with E-state index in [0.717, 1.165) is 31.8 Å². The molecule has 0 radical (unpaired) electrons. The number of piperidine rings is 1. The molecule has 1 N–H and O–H groups in total. The van der Waals surface area contributed by atoms with Crippen LogP contribution >= 0.6 is 15.9 Å². The van der Waals surface area contributed by atoms with Crippen molar-refractivity contribution in [2.24, 2.45) is 5.92 Å². The quantitative estimate of drug-likeness (QED) is 0.919. The fourth-order valence-electron chi connectivity index (χ4n) is 2.68. The lowest BCUT2D eigenvalue weighted by Gasteiger charge is -2.33. The van der Waals surface area contributed by atoms with Crippen molar-refractivity contribution in [1.29, 1.82) is 0 Å². The number of carbonyl (C=O) groups is 1. The third-order valence-corrected chi connectivity index (χ3v) is 4.11. The van der Waals surface area contributed by atoms with Crippen molar-refractivity contribution < 1.29 is 9.90 Å². The van der Waals surface area contributed by atoms with Crippen LogP contribution in [0.5, 0.6) is 0 Å². The Hall–Kier alpha value is -1.10. The Morgan fingerprint density at radius 1 is 1.53 bits per heavy atom. The van der Waals surface area contributed by atoms with E-state index in [-0.39, 0.29) is 5.56 Å². The molecule has 2 heterocycles. The van der Waals surface area contributed by atoms with E-state index in [0.29, 0.717) is 10.3 Å². The number of carboxylic acids is 1. The van der Waals surface area contributed by atoms with Crippen LogP contribution in [0.3, 0.4) is 0 Å². The van der Waals surface area contributed by atoms with Gasteiger partial charge in [0.25, 0.3) is 0 Å². The number of hydrogen-bond acceptors (Lipinski definition) is 3. The summed E-state index contributed by atoms with van der Waals surface area (Å²) in [6.45, 7) is 4.02. The molecule has 0 saturated carbocycles. The average Bonchev–Trinajstić information content (AvgIpc) is 2.40. The Morgan fingerprint density at radius 3 is 2.79 bits per heavy atom. The van der Waals surface area contributed by atoms with Crippen LogP contribution in [0.25, 0.3) is 0 Å². The van der Waals surface area contributed by atoms with Crippen LogP contribution in [-0.4, -0.2) is 29.1 Å². The fourth-order valence-corrected chi connectivity index (χ4v) is 3.01. The number of hydrogen-bond donors (Lipinski definition) is 1. The van der Waals surface area contributed by atoms with Gasteiger partial charge in [0.15, 0.2) is 0 Å². The van der Waals surface area contributed by atoms with E-state index in [9.17, 15) is 9.90 Å². The van der Waals surface area contributed by atoms with Gasteiger partial charge in [-0.2, -0.15) is 0 Å². The zero-order valence-electron chi connectivity index (χ0n) is 11.1. The van der Waals surface area contributed by atoms with Crippen molar-refractivity contribution >= 4 is 27.7 Å². The first kappa shape index (κ1) is 14.3. The monoisotopic (exact) mass is 326 g/mol. The molecule has 1 fully saturated rings. The zero-order valence-corrected chi connectivity index (χ0v) is 12.7. The molecule has 5 heteroatoms. The van der Waals surface area contributed by atoms with Crippen molar-refractivity contribution in [2.45, 2.75) is 32.6 Å². The Morgan fingerprint density at radius 2 is 2.21 bits per heavy atom. The summed E-state index contributed by atoms with van der Waals surface area (Å²) in [6, 6.07) is 1.63. The molecule has 19 heavy (non-hydrogen) atoms. The van der Waals surface area contributed by atoms with E-state index in [1.54, 1.807) is 12.3 Å². The van der Waals surface area contributed by atoms with Crippen LogP contribution in [0.15, 0.2) is 16.7 Å². The Kier molecular flexibility index (Phi) is 4.80. The van der Waals surface area contributed by atoms with Crippen LogP contribution < -0.4 is 4.90 Å². The number of pyridine rings is 1. The molecular weight excluding hydrogens is 308 g/mol. The molecule has 0 aliphatic carbocycles. The zero-order chi connectivity index (χ0) is 13.8. The molecule has 104 valence electrons. The highest BCUT2D eigenvalue weighted by Gasteiger charge is 2.23. The van der Waals surface area contributed by atoms with Gasteiger partial charge in [-0.1, -0.05) is 19.8 Å². The van der Waals surface area contributed by atoms with Gasteiger partial charge in [-0.15, -0.1) is 0 Å². The third kappa shape index (κ3) is 3.47. The second kappa shape index (κ2) is 6.37. The molecule has 0 unspecified atom stereocenters. The van der Waals surface area contributed by atoms with Crippen molar-refractivity contribution in [3.05, 3.63) is 22.3 Å². The number of rotatable bonds is 4. The smallest absolute Gasteiger partial charge is 0.339 e. The lowest BCUT2D eigenvalue weighted by Crippen LogP contribution is -2.35. The van der Waals surface area contributed by atoms with Crippen molar-refractivity contribution in [2.75, 3.05) is 18.0 Å². The number of anilines is 1. The fraction of sp³-hybridized carbons (Fsp3) is 0.571. The summed E-state index contributed by atoms with van der Waals surface area (Å²) in [6.07, 6.45) is 6.42. The van der Waals surface area contributed by atoms with E-state index in [1.165, 1.54) is 12.8 Å². The Bertz CT molecular complexity index is 457. The van der Waals surface area contributed by atoms with Gasteiger partial charge in [0.2, 0.25) is 0 Å². The average molecular weight is 327 g/mol. The molecule has 0 spiro atoms. The summed E-state index contributed by atoms with van der Waals surface area (Å²) in [5.74, 6) is 0.468. The summed E-state index contributed by atoms with van der Waals surface area (Å²) < 4.78 is 0.703. The van der Waals surface area contributed by atoms with Gasteiger partial charge in [-0.3, -0.25) is 0 Å². The first-order valence-corrected chi connectivity index (χ1v) is 7.55. The van der Waals surface area contributed by atoms with Gasteiger partial charge in [0.1, 0.15) is 11.4 Å².